The summed E-state index contributed by atoms with van der Waals surface area (Å²) >= 11 is 3.47. The molecule has 0 aliphatic heterocycles. The minimum Gasteiger partial charge on any atom is -0.302 e. The topological polar surface area (TPSA) is 41.6 Å². The van der Waals surface area contributed by atoms with Crippen LogP contribution in [0.2, 0.25) is 0 Å². The molecular formula is C12H10BrN3. The largest absolute Gasteiger partial charge is 0.302 e. The van der Waals surface area contributed by atoms with Gasteiger partial charge in [-0.3, -0.25) is 0 Å². The normalized spacial score (nSPS) is 10.1. The lowest BCUT2D eigenvalue weighted by Crippen LogP contribution is -1.96. The molecule has 0 aliphatic carbocycles. The van der Waals surface area contributed by atoms with Crippen molar-refractivity contribution in [3.05, 3.63) is 46.0 Å². The quantitative estimate of drug-likeness (QED) is 0.803. The number of nitriles is 1. The molecule has 0 spiro atoms. The molecule has 1 heterocycles. The smallest absolute Gasteiger partial charge is 0.0997 e. The molecule has 0 fully saturated rings. The molecule has 1 aromatic heterocycles. The van der Waals surface area contributed by atoms with Gasteiger partial charge in [-0.15, -0.1) is 0 Å². The molecule has 4 heteroatoms. The highest BCUT2D eigenvalue weighted by Crippen LogP contribution is 2.24. The lowest BCUT2D eigenvalue weighted by Gasteiger charge is -2.08. The molecule has 0 radical (unpaired) electrons. The van der Waals surface area contributed by atoms with Crippen molar-refractivity contribution < 1.29 is 0 Å². The SMILES string of the molecule is Cc1ncn(-c2ccc(C#N)cc2Br)c1C. The highest BCUT2D eigenvalue weighted by Gasteiger charge is 2.08. The molecule has 0 saturated heterocycles. The molecule has 1 aromatic carbocycles. The second-order valence-corrected chi connectivity index (χ2v) is 4.42. The van der Waals surface area contributed by atoms with Crippen molar-refractivity contribution in [2.24, 2.45) is 0 Å². The maximum Gasteiger partial charge on any atom is 0.0997 e. The van der Waals surface area contributed by atoms with E-state index in [4.69, 9.17) is 5.26 Å². The van der Waals surface area contributed by atoms with Gasteiger partial charge in [-0.05, 0) is 48.0 Å². The third kappa shape index (κ3) is 1.74. The van der Waals surface area contributed by atoms with Gasteiger partial charge in [-0.2, -0.15) is 5.26 Å². The Morgan fingerprint density at radius 1 is 1.38 bits per heavy atom. The average molecular weight is 276 g/mol. The Hall–Kier alpha value is -1.60. The van der Waals surface area contributed by atoms with E-state index in [9.17, 15) is 0 Å². The standard InChI is InChI=1S/C12H10BrN3/c1-8-9(2)16(7-15-8)12-4-3-10(6-14)5-11(12)13/h3-5,7H,1-2H3. The second-order valence-electron chi connectivity index (χ2n) is 3.56. The minimum atomic E-state index is 0.644. The van der Waals surface area contributed by atoms with Gasteiger partial charge in [0.05, 0.1) is 29.3 Å². The van der Waals surface area contributed by atoms with Crippen LogP contribution < -0.4 is 0 Å². The fourth-order valence-corrected chi connectivity index (χ4v) is 2.08. The molecule has 80 valence electrons. The van der Waals surface area contributed by atoms with Crippen LogP contribution in [-0.4, -0.2) is 9.55 Å². The summed E-state index contributed by atoms with van der Waals surface area (Å²) in [6.45, 7) is 4.00. The first-order valence-corrected chi connectivity index (χ1v) is 5.63. The predicted molar refractivity (Wildman–Crippen MR) is 65.5 cm³/mol. The maximum absolute atomic E-state index is 8.79. The van der Waals surface area contributed by atoms with Crippen molar-refractivity contribution in [3.8, 4) is 11.8 Å². The monoisotopic (exact) mass is 275 g/mol. The number of aryl methyl sites for hydroxylation is 1. The second kappa shape index (κ2) is 4.11. The Morgan fingerprint density at radius 2 is 2.12 bits per heavy atom. The number of hydrogen-bond acceptors (Lipinski definition) is 2. The third-order valence-electron chi connectivity index (χ3n) is 2.59. The summed E-state index contributed by atoms with van der Waals surface area (Å²) in [6, 6.07) is 7.63. The van der Waals surface area contributed by atoms with Crippen LogP contribution in [0.5, 0.6) is 0 Å². The molecule has 0 atom stereocenters. The summed E-state index contributed by atoms with van der Waals surface area (Å²) in [7, 11) is 0. The summed E-state index contributed by atoms with van der Waals surface area (Å²) in [5, 5.41) is 8.79. The van der Waals surface area contributed by atoms with E-state index in [1.54, 1.807) is 12.4 Å². The highest BCUT2D eigenvalue weighted by atomic mass is 79.9. The van der Waals surface area contributed by atoms with Crippen molar-refractivity contribution >= 4 is 15.9 Å². The van der Waals surface area contributed by atoms with Gasteiger partial charge >= 0.3 is 0 Å². The van der Waals surface area contributed by atoms with Gasteiger partial charge in [-0.1, -0.05) is 0 Å². The van der Waals surface area contributed by atoms with Gasteiger partial charge in [0.25, 0.3) is 0 Å². The summed E-state index contributed by atoms with van der Waals surface area (Å²) in [5.41, 5.74) is 3.75. The Labute approximate surface area is 102 Å². The van der Waals surface area contributed by atoms with Crippen LogP contribution >= 0.6 is 15.9 Å². The number of benzene rings is 1. The van der Waals surface area contributed by atoms with E-state index in [0.717, 1.165) is 21.5 Å². The van der Waals surface area contributed by atoms with E-state index in [1.807, 2.05) is 30.5 Å². The predicted octanol–water partition coefficient (Wildman–Crippen LogP) is 3.12. The first-order chi connectivity index (χ1) is 7.63. The number of hydrogen-bond donors (Lipinski definition) is 0. The maximum atomic E-state index is 8.79. The van der Waals surface area contributed by atoms with E-state index >= 15 is 0 Å². The lowest BCUT2D eigenvalue weighted by atomic mass is 10.2. The van der Waals surface area contributed by atoms with Gasteiger partial charge in [-0.25, -0.2) is 4.98 Å². The first-order valence-electron chi connectivity index (χ1n) is 4.84. The van der Waals surface area contributed by atoms with Crippen LogP contribution in [0, 0.1) is 25.2 Å². The number of rotatable bonds is 1. The summed E-state index contributed by atoms with van der Waals surface area (Å²) in [4.78, 5) is 4.25. The molecule has 0 saturated carbocycles. The van der Waals surface area contributed by atoms with Crippen molar-refractivity contribution in [2.45, 2.75) is 13.8 Å². The van der Waals surface area contributed by atoms with E-state index in [-0.39, 0.29) is 0 Å². The summed E-state index contributed by atoms with van der Waals surface area (Å²) in [5.74, 6) is 0. The van der Waals surface area contributed by atoms with Crippen molar-refractivity contribution in [1.82, 2.24) is 9.55 Å². The van der Waals surface area contributed by atoms with Crippen LogP contribution in [0.4, 0.5) is 0 Å². The summed E-state index contributed by atoms with van der Waals surface area (Å²) in [6.07, 6.45) is 1.79. The van der Waals surface area contributed by atoms with E-state index in [1.165, 1.54) is 0 Å². The molecule has 0 N–H and O–H groups in total. The Kier molecular flexibility index (Phi) is 2.80. The van der Waals surface area contributed by atoms with Crippen LogP contribution in [-0.2, 0) is 0 Å². The number of aromatic nitrogens is 2. The third-order valence-corrected chi connectivity index (χ3v) is 3.22. The van der Waals surface area contributed by atoms with Crippen molar-refractivity contribution in [3.63, 3.8) is 0 Å². The fourth-order valence-electron chi connectivity index (χ4n) is 1.51. The van der Waals surface area contributed by atoms with E-state index < -0.39 is 0 Å². The molecule has 0 bridgehead atoms. The van der Waals surface area contributed by atoms with Crippen LogP contribution in [0.25, 0.3) is 5.69 Å². The Bertz CT molecular complexity index is 578. The molecule has 2 rings (SSSR count). The van der Waals surface area contributed by atoms with Gasteiger partial charge < -0.3 is 4.57 Å². The Balaban J connectivity index is 2.58. The molecule has 0 amide bonds. The highest BCUT2D eigenvalue weighted by molar-refractivity contribution is 9.10. The minimum absolute atomic E-state index is 0.644. The number of halogens is 1. The van der Waals surface area contributed by atoms with Crippen LogP contribution in [0.1, 0.15) is 17.0 Å². The van der Waals surface area contributed by atoms with E-state index in [2.05, 4.69) is 27.0 Å². The zero-order valence-corrected chi connectivity index (χ0v) is 10.6. The zero-order chi connectivity index (χ0) is 11.7. The van der Waals surface area contributed by atoms with Crippen LogP contribution in [0.15, 0.2) is 29.0 Å². The summed E-state index contributed by atoms with van der Waals surface area (Å²) < 4.78 is 2.90. The van der Waals surface area contributed by atoms with E-state index in [0.29, 0.717) is 5.56 Å². The van der Waals surface area contributed by atoms with Crippen molar-refractivity contribution in [1.29, 1.82) is 5.26 Å². The van der Waals surface area contributed by atoms with Crippen LogP contribution in [0.3, 0.4) is 0 Å². The molecule has 3 nitrogen and oxygen atoms in total. The number of imidazole rings is 1. The fraction of sp³-hybridized carbons (Fsp3) is 0.167. The molecule has 16 heavy (non-hydrogen) atoms. The lowest BCUT2D eigenvalue weighted by molar-refractivity contribution is 0.994. The average Bonchev–Trinajstić information content (AvgIpc) is 2.60. The Morgan fingerprint density at radius 3 is 2.62 bits per heavy atom. The first kappa shape index (κ1) is 10.9. The molecule has 0 aliphatic rings. The van der Waals surface area contributed by atoms with Gasteiger partial charge in [0, 0.05) is 10.2 Å². The van der Waals surface area contributed by atoms with Gasteiger partial charge in [0.15, 0.2) is 0 Å². The zero-order valence-electron chi connectivity index (χ0n) is 9.03. The van der Waals surface area contributed by atoms with Gasteiger partial charge in [0.2, 0.25) is 0 Å². The molecule has 0 unspecified atom stereocenters. The van der Waals surface area contributed by atoms with Gasteiger partial charge in [0.1, 0.15) is 0 Å². The molecular weight excluding hydrogens is 266 g/mol. The molecule has 2 aromatic rings. The van der Waals surface area contributed by atoms with Crippen molar-refractivity contribution in [2.75, 3.05) is 0 Å². The number of nitrogens with zero attached hydrogens (tertiary/aromatic N) is 3.